The van der Waals surface area contributed by atoms with Gasteiger partial charge in [0, 0.05) is 17.7 Å². The van der Waals surface area contributed by atoms with Crippen molar-refractivity contribution in [2.75, 3.05) is 5.32 Å². The van der Waals surface area contributed by atoms with Gasteiger partial charge in [0.2, 0.25) is 11.8 Å². The van der Waals surface area contributed by atoms with Crippen LogP contribution in [0.4, 0.5) is 5.69 Å². The van der Waals surface area contributed by atoms with Gasteiger partial charge in [-0.25, -0.2) is 0 Å². The molecule has 8 nitrogen and oxygen atoms in total. The highest BCUT2D eigenvalue weighted by Crippen LogP contribution is 2.32. The Morgan fingerprint density at radius 1 is 1.18 bits per heavy atom. The smallest absolute Gasteiger partial charge is 0.306 e. The van der Waals surface area contributed by atoms with Gasteiger partial charge in [0.25, 0.3) is 0 Å². The van der Waals surface area contributed by atoms with Crippen molar-refractivity contribution in [2.45, 2.75) is 45.8 Å². The minimum Gasteiger partial charge on any atom is -0.460 e. The molecule has 2 atom stereocenters. The molecular formula is C24H22ClN5O3. The first kappa shape index (κ1) is 23.8. The quantitative estimate of drug-likeness (QED) is 0.444. The number of aromatic nitrogens is 2. The van der Waals surface area contributed by atoms with Gasteiger partial charge in [-0.15, -0.1) is 10.2 Å². The van der Waals surface area contributed by atoms with Crippen LogP contribution in [0.25, 0.3) is 11.5 Å². The number of carbonyl (C=O) groups is 1. The maximum Gasteiger partial charge on any atom is 0.306 e. The predicted octanol–water partition coefficient (Wildman–Crippen LogP) is 5.33. The van der Waals surface area contributed by atoms with Crippen molar-refractivity contribution >= 4 is 23.3 Å². The number of nitriles is 2. The van der Waals surface area contributed by atoms with Crippen LogP contribution in [0.5, 0.6) is 0 Å². The summed E-state index contributed by atoms with van der Waals surface area (Å²) >= 11 is 6.32. The van der Waals surface area contributed by atoms with Crippen LogP contribution >= 0.6 is 11.6 Å². The molecule has 0 aliphatic rings. The molecular weight excluding hydrogens is 442 g/mol. The summed E-state index contributed by atoms with van der Waals surface area (Å²) in [6.45, 7) is 5.41. The number of carbonyl (C=O) groups excluding carboxylic acids is 1. The molecule has 3 aromatic rings. The second kappa shape index (κ2) is 10.6. The van der Waals surface area contributed by atoms with Crippen LogP contribution in [0.15, 0.2) is 40.8 Å². The normalized spacial score (nSPS) is 12.3. The van der Waals surface area contributed by atoms with Crippen molar-refractivity contribution < 1.29 is 13.9 Å². The summed E-state index contributed by atoms with van der Waals surface area (Å²) in [6, 6.07) is 13.5. The van der Waals surface area contributed by atoms with Crippen LogP contribution in [0.2, 0.25) is 5.02 Å². The zero-order chi connectivity index (χ0) is 24.0. The maximum atomic E-state index is 12.1. The Hall–Kier alpha value is -3.88. The second-order valence-electron chi connectivity index (χ2n) is 7.41. The fourth-order valence-electron chi connectivity index (χ4n) is 3.18. The SMILES string of the molecule is CCCC(=O)O[C@@H](C)[C@@H](Nc1ccc(C#N)c(Cl)c1C)c1nnc(-c2ccc(C#N)cc2)o1. The standard InChI is InChI=1S/C24H22ClN5O3/c1-4-5-20(31)32-15(3)22(28-19-11-10-18(13-27)21(25)14(19)2)24-30-29-23(33-24)17-8-6-16(12-26)7-9-17/h6-11,15,22,28H,4-5H2,1-3H3/t15-,22+/m0/s1. The summed E-state index contributed by atoms with van der Waals surface area (Å²) < 4.78 is 11.5. The van der Waals surface area contributed by atoms with E-state index in [2.05, 4.69) is 27.7 Å². The van der Waals surface area contributed by atoms with E-state index >= 15 is 0 Å². The minimum atomic E-state index is -0.673. The fraction of sp³-hybridized carbons (Fsp3) is 0.292. The van der Waals surface area contributed by atoms with E-state index in [1.165, 1.54) is 0 Å². The Balaban J connectivity index is 1.95. The summed E-state index contributed by atoms with van der Waals surface area (Å²) in [5, 5.41) is 30.1. The molecule has 2 aromatic carbocycles. The van der Waals surface area contributed by atoms with Gasteiger partial charge >= 0.3 is 5.97 Å². The Morgan fingerprint density at radius 2 is 1.91 bits per heavy atom. The van der Waals surface area contributed by atoms with E-state index < -0.39 is 12.1 Å². The molecule has 0 saturated heterocycles. The molecule has 1 aromatic heterocycles. The zero-order valence-corrected chi connectivity index (χ0v) is 19.2. The lowest BCUT2D eigenvalue weighted by molar-refractivity contribution is -0.149. The molecule has 168 valence electrons. The molecule has 0 fully saturated rings. The van der Waals surface area contributed by atoms with Gasteiger partial charge in [-0.1, -0.05) is 18.5 Å². The van der Waals surface area contributed by atoms with Crippen LogP contribution in [-0.2, 0) is 9.53 Å². The fourth-order valence-corrected chi connectivity index (χ4v) is 3.38. The summed E-state index contributed by atoms with van der Waals surface area (Å²) in [5.41, 5.74) is 2.84. The molecule has 1 N–H and O–H groups in total. The van der Waals surface area contributed by atoms with E-state index in [0.717, 1.165) is 0 Å². The molecule has 0 aliphatic carbocycles. The average Bonchev–Trinajstić information content (AvgIpc) is 3.30. The lowest BCUT2D eigenvalue weighted by Crippen LogP contribution is -2.28. The van der Waals surface area contributed by atoms with Gasteiger partial charge in [0.1, 0.15) is 18.2 Å². The lowest BCUT2D eigenvalue weighted by atomic mass is 10.1. The number of rotatable bonds is 8. The van der Waals surface area contributed by atoms with Crippen molar-refractivity contribution in [1.82, 2.24) is 10.2 Å². The number of hydrogen-bond acceptors (Lipinski definition) is 8. The molecule has 1 heterocycles. The van der Waals surface area contributed by atoms with Crippen LogP contribution in [0.3, 0.4) is 0 Å². The molecule has 0 aliphatic heterocycles. The van der Waals surface area contributed by atoms with Crippen LogP contribution in [0.1, 0.15) is 55.3 Å². The molecule has 0 bridgehead atoms. The van der Waals surface area contributed by atoms with Gasteiger partial charge in [-0.2, -0.15) is 10.5 Å². The van der Waals surface area contributed by atoms with Gasteiger partial charge in [0.15, 0.2) is 0 Å². The van der Waals surface area contributed by atoms with Gasteiger partial charge in [0.05, 0.1) is 22.2 Å². The molecule has 0 amide bonds. The van der Waals surface area contributed by atoms with Crippen LogP contribution < -0.4 is 5.32 Å². The maximum absolute atomic E-state index is 12.1. The third kappa shape index (κ3) is 5.49. The summed E-state index contributed by atoms with van der Waals surface area (Å²) in [7, 11) is 0. The number of halogens is 1. The molecule has 3 rings (SSSR count). The van der Waals surface area contributed by atoms with Crippen molar-refractivity contribution in [3.63, 3.8) is 0 Å². The highest BCUT2D eigenvalue weighted by atomic mass is 35.5. The van der Waals surface area contributed by atoms with E-state index in [0.29, 0.717) is 45.8 Å². The number of esters is 1. The number of nitrogens with one attached hydrogen (secondary N) is 1. The Kier molecular flexibility index (Phi) is 7.66. The first-order valence-corrected chi connectivity index (χ1v) is 10.7. The monoisotopic (exact) mass is 463 g/mol. The summed E-state index contributed by atoms with van der Waals surface area (Å²) in [5.74, 6) is 0.146. The van der Waals surface area contributed by atoms with Crippen LogP contribution in [-0.4, -0.2) is 22.3 Å². The third-order valence-corrected chi connectivity index (χ3v) is 5.51. The molecule has 0 unspecified atom stereocenters. The first-order chi connectivity index (χ1) is 15.9. The number of ether oxygens (including phenoxy) is 1. The molecule has 0 radical (unpaired) electrons. The van der Waals surface area contributed by atoms with Gasteiger partial charge in [-0.05, 0) is 62.2 Å². The Bertz CT molecular complexity index is 1220. The number of anilines is 1. The molecule has 33 heavy (non-hydrogen) atoms. The van der Waals surface area contributed by atoms with E-state index in [1.54, 1.807) is 50.2 Å². The average molecular weight is 464 g/mol. The first-order valence-electron chi connectivity index (χ1n) is 10.4. The van der Waals surface area contributed by atoms with Gasteiger partial charge in [-0.3, -0.25) is 4.79 Å². The number of benzene rings is 2. The minimum absolute atomic E-state index is 0.214. The molecule has 0 spiro atoms. The largest absolute Gasteiger partial charge is 0.460 e. The van der Waals surface area contributed by atoms with E-state index in [4.69, 9.17) is 26.0 Å². The third-order valence-electron chi connectivity index (χ3n) is 5.03. The van der Waals surface area contributed by atoms with Crippen molar-refractivity contribution in [1.29, 1.82) is 10.5 Å². The molecule has 9 heteroatoms. The van der Waals surface area contributed by atoms with E-state index in [-0.39, 0.29) is 17.8 Å². The van der Waals surface area contributed by atoms with Crippen molar-refractivity contribution in [3.05, 3.63) is 64.0 Å². The highest BCUT2D eigenvalue weighted by molar-refractivity contribution is 6.32. The number of hydrogen-bond donors (Lipinski definition) is 1. The van der Waals surface area contributed by atoms with E-state index in [9.17, 15) is 10.1 Å². The Labute approximate surface area is 196 Å². The van der Waals surface area contributed by atoms with E-state index in [1.807, 2.05) is 6.92 Å². The van der Waals surface area contributed by atoms with Crippen molar-refractivity contribution in [2.24, 2.45) is 0 Å². The highest BCUT2D eigenvalue weighted by Gasteiger charge is 2.29. The number of nitrogens with zero attached hydrogens (tertiary/aromatic N) is 4. The second-order valence-corrected chi connectivity index (χ2v) is 7.79. The van der Waals surface area contributed by atoms with Gasteiger partial charge < -0.3 is 14.5 Å². The zero-order valence-electron chi connectivity index (χ0n) is 18.4. The topological polar surface area (TPSA) is 125 Å². The summed E-state index contributed by atoms with van der Waals surface area (Å²) in [4.78, 5) is 12.1. The summed E-state index contributed by atoms with van der Waals surface area (Å²) in [6.07, 6.45) is 0.309. The Morgan fingerprint density at radius 3 is 2.55 bits per heavy atom. The molecule has 0 saturated carbocycles. The lowest BCUT2D eigenvalue weighted by Gasteiger charge is -2.24. The van der Waals surface area contributed by atoms with Crippen LogP contribution in [0, 0.1) is 29.6 Å². The predicted molar refractivity (Wildman–Crippen MR) is 122 cm³/mol. The van der Waals surface area contributed by atoms with Crippen molar-refractivity contribution in [3.8, 4) is 23.6 Å².